The summed E-state index contributed by atoms with van der Waals surface area (Å²) in [4.78, 5) is 40.5. The molecule has 8 heteroatoms. The number of hydrogen-bond donors (Lipinski definition) is 2. The maximum Gasteiger partial charge on any atom is 0.356 e. The smallest absolute Gasteiger partial charge is 0.356 e. The van der Waals surface area contributed by atoms with Gasteiger partial charge in [0.2, 0.25) is 0 Å². The number of nitrogens with zero attached hydrogens (tertiary/aromatic N) is 3. The van der Waals surface area contributed by atoms with Crippen LogP contribution in [0.1, 0.15) is 26.5 Å². The number of aromatic amines is 1. The summed E-state index contributed by atoms with van der Waals surface area (Å²) in [6.45, 7) is 0.944. The highest BCUT2D eigenvalue weighted by Crippen LogP contribution is 2.18. The number of pyridine rings is 1. The van der Waals surface area contributed by atoms with E-state index in [2.05, 4.69) is 10.1 Å². The third-order valence-corrected chi connectivity index (χ3v) is 4.53. The normalized spacial score (nSPS) is 13.3. The maximum atomic E-state index is 12.8. The highest BCUT2D eigenvalue weighted by Gasteiger charge is 2.26. The van der Waals surface area contributed by atoms with Crippen LogP contribution in [-0.4, -0.2) is 43.2 Å². The van der Waals surface area contributed by atoms with Crippen LogP contribution in [0.2, 0.25) is 0 Å². The molecule has 3 heterocycles. The molecule has 0 atom stereocenters. The Morgan fingerprint density at radius 1 is 1.07 bits per heavy atom. The topological polar surface area (TPSA) is 108 Å². The van der Waals surface area contributed by atoms with Gasteiger partial charge in [-0.1, -0.05) is 30.3 Å². The second-order valence-electron chi connectivity index (χ2n) is 6.26. The minimum atomic E-state index is -1.11. The first-order valence-corrected chi connectivity index (χ1v) is 8.41. The number of carbonyl (C=O) groups excluding carboxylic acids is 1. The highest BCUT2D eigenvalue weighted by atomic mass is 16.4. The van der Waals surface area contributed by atoms with Gasteiger partial charge in [-0.3, -0.25) is 14.3 Å². The lowest BCUT2D eigenvalue weighted by Crippen LogP contribution is -2.40. The van der Waals surface area contributed by atoms with Crippen LogP contribution in [0, 0.1) is 0 Å². The summed E-state index contributed by atoms with van der Waals surface area (Å²) < 4.78 is 1.58. The van der Waals surface area contributed by atoms with Gasteiger partial charge in [0, 0.05) is 12.2 Å². The molecule has 1 aromatic carbocycles. The van der Waals surface area contributed by atoms with Gasteiger partial charge in [0.1, 0.15) is 5.56 Å². The molecule has 1 aliphatic heterocycles. The Morgan fingerprint density at radius 2 is 1.85 bits per heavy atom. The van der Waals surface area contributed by atoms with E-state index in [1.807, 2.05) is 30.3 Å². The summed E-state index contributed by atoms with van der Waals surface area (Å²) in [5.74, 6) is -1.50. The van der Waals surface area contributed by atoms with Crippen molar-refractivity contribution in [2.24, 2.45) is 0 Å². The molecule has 2 N–H and O–H groups in total. The predicted octanol–water partition coefficient (Wildman–Crippen LogP) is 1.59. The Balaban J connectivity index is 1.58. The third kappa shape index (κ3) is 3.12. The van der Waals surface area contributed by atoms with E-state index in [0.29, 0.717) is 24.5 Å². The Hall–Kier alpha value is -3.68. The summed E-state index contributed by atoms with van der Waals surface area (Å²) in [7, 11) is 0. The van der Waals surface area contributed by atoms with Crippen molar-refractivity contribution >= 4 is 11.9 Å². The maximum absolute atomic E-state index is 12.8. The number of aromatic nitrogens is 3. The molecule has 1 aliphatic rings. The van der Waals surface area contributed by atoms with Crippen molar-refractivity contribution in [3.63, 3.8) is 0 Å². The van der Waals surface area contributed by atoms with Crippen molar-refractivity contribution in [2.75, 3.05) is 6.54 Å². The quantitative estimate of drug-likeness (QED) is 0.734. The Bertz CT molecular complexity index is 1080. The monoisotopic (exact) mass is 364 g/mol. The fourth-order valence-corrected chi connectivity index (χ4v) is 3.14. The lowest BCUT2D eigenvalue weighted by molar-refractivity contribution is 0.0679. The zero-order chi connectivity index (χ0) is 19.0. The fraction of sp³-hybridized carbons (Fsp3) is 0.158. The number of aromatic carboxylic acids is 1. The van der Waals surface area contributed by atoms with E-state index in [4.69, 9.17) is 5.11 Å². The molecule has 4 rings (SSSR count). The first-order valence-electron chi connectivity index (χ1n) is 8.41. The number of H-pyrrole nitrogens is 1. The molecule has 0 aliphatic carbocycles. The van der Waals surface area contributed by atoms with Crippen molar-refractivity contribution in [1.82, 2.24) is 19.7 Å². The van der Waals surface area contributed by atoms with Crippen molar-refractivity contribution in [3.8, 4) is 11.3 Å². The van der Waals surface area contributed by atoms with Gasteiger partial charge in [0.25, 0.3) is 11.5 Å². The average molecular weight is 364 g/mol. The number of nitrogens with one attached hydrogen (secondary N) is 1. The van der Waals surface area contributed by atoms with Crippen LogP contribution in [-0.2, 0) is 13.1 Å². The average Bonchev–Trinajstić information content (AvgIpc) is 3.12. The number of amides is 1. The Morgan fingerprint density at radius 3 is 2.56 bits per heavy atom. The van der Waals surface area contributed by atoms with Crippen molar-refractivity contribution in [2.45, 2.75) is 13.1 Å². The van der Waals surface area contributed by atoms with Crippen LogP contribution < -0.4 is 5.56 Å². The van der Waals surface area contributed by atoms with Gasteiger partial charge in [-0.2, -0.15) is 5.10 Å². The summed E-state index contributed by atoms with van der Waals surface area (Å²) in [5.41, 5.74) is 1.68. The molecule has 0 saturated carbocycles. The molecule has 136 valence electrons. The van der Waals surface area contributed by atoms with E-state index < -0.39 is 11.5 Å². The molecular formula is C19H16N4O4. The molecule has 1 amide bonds. The summed E-state index contributed by atoms with van der Waals surface area (Å²) in [5, 5.41) is 13.0. The van der Waals surface area contributed by atoms with E-state index in [-0.39, 0.29) is 23.7 Å². The zero-order valence-electron chi connectivity index (χ0n) is 14.3. The molecule has 8 nitrogen and oxygen atoms in total. The van der Waals surface area contributed by atoms with E-state index in [1.165, 1.54) is 17.0 Å². The van der Waals surface area contributed by atoms with Gasteiger partial charge >= 0.3 is 5.97 Å². The zero-order valence-corrected chi connectivity index (χ0v) is 14.3. The largest absolute Gasteiger partial charge is 0.476 e. The number of carboxylic acids is 1. The van der Waals surface area contributed by atoms with Crippen LogP contribution in [0.5, 0.6) is 0 Å². The van der Waals surface area contributed by atoms with Crippen molar-refractivity contribution in [3.05, 3.63) is 75.8 Å². The molecule has 3 aromatic rings. The highest BCUT2D eigenvalue weighted by molar-refractivity contribution is 5.94. The fourth-order valence-electron chi connectivity index (χ4n) is 3.14. The van der Waals surface area contributed by atoms with Crippen LogP contribution in [0.3, 0.4) is 0 Å². The molecule has 0 bridgehead atoms. The van der Waals surface area contributed by atoms with Gasteiger partial charge in [-0.25, -0.2) is 4.79 Å². The predicted molar refractivity (Wildman–Crippen MR) is 96.4 cm³/mol. The molecular weight excluding hydrogens is 348 g/mol. The number of hydrogen-bond acceptors (Lipinski definition) is 4. The first kappa shape index (κ1) is 16.8. The second kappa shape index (κ2) is 6.56. The van der Waals surface area contributed by atoms with Crippen molar-refractivity contribution < 1.29 is 14.7 Å². The molecule has 27 heavy (non-hydrogen) atoms. The van der Waals surface area contributed by atoms with Gasteiger partial charge < -0.3 is 15.0 Å². The lowest BCUT2D eigenvalue weighted by Gasteiger charge is -2.27. The van der Waals surface area contributed by atoms with E-state index in [1.54, 1.807) is 10.7 Å². The molecule has 0 radical (unpaired) electrons. The number of carbonyl (C=O) groups is 2. The van der Waals surface area contributed by atoms with Gasteiger partial charge in [0.05, 0.1) is 18.8 Å². The first-order chi connectivity index (χ1) is 13.0. The Kier molecular flexibility index (Phi) is 4.08. The standard InChI is InChI=1S/C19H16N4O4/c24-17-14(6-7-15(20-17)12-4-2-1-3-5-12)18(25)22-8-9-23-13(11-22)10-16(21-23)19(26)27/h1-7,10H,8-9,11H2,(H,20,24)(H,26,27). The van der Waals surface area contributed by atoms with Gasteiger partial charge in [0.15, 0.2) is 5.69 Å². The summed E-state index contributed by atoms with van der Waals surface area (Å²) in [6.07, 6.45) is 0. The molecule has 0 unspecified atom stereocenters. The van der Waals surface area contributed by atoms with Gasteiger partial charge in [-0.05, 0) is 23.8 Å². The van der Waals surface area contributed by atoms with Gasteiger partial charge in [-0.15, -0.1) is 0 Å². The second-order valence-corrected chi connectivity index (χ2v) is 6.26. The number of fused-ring (bicyclic) bond motifs is 1. The SMILES string of the molecule is O=C(O)c1cc2n(n1)CCN(C(=O)c1ccc(-c3ccccc3)[nH]c1=O)C2. The summed E-state index contributed by atoms with van der Waals surface area (Å²) in [6, 6.07) is 14.1. The van der Waals surface area contributed by atoms with E-state index >= 15 is 0 Å². The van der Waals surface area contributed by atoms with E-state index in [0.717, 1.165) is 5.56 Å². The lowest BCUT2D eigenvalue weighted by atomic mass is 10.1. The Labute approximate surface area is 153 Å². The van der Waals surface area contributed by atoms with Crippen LogP contribution in [0.25, 0.3) is 11.3 Å². The van der Waals surface area contributed by atoms with Crippen LogP contribution in [0.15, 0.2) is 53.3 Å². The molecule has 0 spiro atoms. The molecule has 2 aromatic heterocycles. The number of carboxylic acid groups (broad SMARTS) is 1. The van der Waals surface area contributed by atoms with E-state index in [9.17, 15) is 14.4 Å². The number of benzene rings is 1. The minimum absolute atomic E-state index is 0.0515. The molecule has 0 saturated heterocycles. The number of rotatable bonds is 3. The van der Waals surface area contributed by atoms with Crippen molar-refractivity contribution in [1.29, 1.82) is 0 Å². The molecule has 0 fully saturated rings. The van der Waals surface area contributed by atoms with Crippen LogP contribution in [0.4, 0.5) is 0 Å². The summed E-state index contributed by atoms with van der Waals surface area (Å²) >= 11 is 0. The minimum Gasteiger partial charge on any atom is -0.476 e. The van der Waals surface area contributed by atoms with Crippen LogP contribution >= 0.6 is 0 Å². The third-order valence-electron chi connectivity index (χ3n) is 4.53.